The maximum absolute atomic E-state index is 11.7. The molecule has 18 heavy (non-hydrogen) atoms. The highest BCUT2D eigenvalue weighted by atomic mass is 32.2. The van der Waals surface area contributed by atoms with E-state index in [0.29, 0.717) is 14.9 Å². The highest BCUT2D eigenvalue weighted by Gasteiger charge is 2.05. The number of fused-ring (bicyclic) bond motifs is 1. The lowest BCUT2D eigenvalue weighted by molar-refractivity contribution is 0.602. The van der Waals surface area contributed by atoms with Crippen LogP contribution in [0.25, 0.3) is 11.0 Å². The lowest BCUT2D eigenvalue weighted by atomic mass is 10.2. The largest absolute Gasteiger partial charge is 0.464 e. The first-order valence-corrected chi connectivity index (χ1v) is 7.01. The fourth-order valence-corrected chi connectivity index (χ4v) is 3.58. The second-order valence-electron chi connectivity index (χ2n) is 3.42. The normalized spacial score (nSPS) is 10.9. The maximum atomic E-state index is 11.7. The molecule has 0 spiro atoms. The van der Waals surface area contributed by atoms with Gasteiger partial charge in [0.25, 0.3) is 0 Å². The third-order valence-corrected chi connectivity index (χ3v) is 4.39. The summed E-state index contributed by atoms with van der Waals surface area (Å²) < 4.78 is 6.71. The van der Waals surface area contributed by atoms with Crippen molar-refractivity contribution < 1.29 is 4.42 Å². The Kier molecular flexibility index (Phi) is 3.02. The molecule has 0 fully saturated rings. The van der Waals surface area contributed by atoms with Crippen LogP contribution in [0.15, 0.2) is 49.0 Å². The second-order valence-corrected chi connectivity index (χ2v) is 6.41. The first-order chi connectivity index (χ1) is 8.72. The van der Waals surface area contributed by atoms with Crippen molar-refractivity contribution in [1.82, 2.24) is 10.2 Å². The van der Waals surface area contributed by atoms with Gasteiger partial charge in [-0.25, -0.2) is 0 Å². The van der Waals surface area contributed by atoms with Gasteiger partial charge in [0.2, 0.25) is 0 Å². The molecule has 3 rings (SSSR count). The minimum Gasteiger partial charge on any atom is -0.464 e. The van der Waals surface area contributed by atoms with Crippen molar-refractivity contribution in [2.45, 2.75) is 9.24 Å². The summed E-state index contributed by atoms with van der Waals surface area (Å²) in [5.74, 6) is 0. The molecule has 0 atom stereocenters. The minimum atomic E-state index is -0.0478. The van der Waals surface area contributed by atoms with Gasteiger partial charge in [0.1, 0.15) is 5.58 Å². The zero-order valence-corrected chi connectivity index (χ0v) is 11.3. The molecule has 1 aromatic carbocycles. The Morgan fingerprint density at radius 1 is 1.39 bits per heavy atom. The first-order valence-electron chi connectivity index (χ1n) is 4.97. The van der Waals surface area contributed by atoms with Crippen molar-refractivity contribution in [3.8, 4) is 0 Å². The highest BCUT2D eigenvalue weighted by molar-refractivity contribution is 8.01. The molecule has 3 aromatic rings. The van der Waals surface area contributed by atoms with E-state index >= 15 is 0 Å². The van der Waals surface area contributed by atoms with Crippen LogP contribution in [0.2, 0.25) is 0 Å². The van der Waals surface area contributed by atoms with Crippen molar-refractivity contribution in [2.24, 2.45) is 0 Å². The smallest absolute Gasteiger partial charge is 0.192 e. The number of rotatable bonds is 2. The monoisotopic (exact) mass is 294 g/mol. The molecule has 1 N–H and O–H groups in total. The third kappa shape index (κ3) is 2.24. The molecule has 2 heterocycles. The van der Waals surface area contributed by atoms with Crippen LogP contribution in [0.1, 0.15) is 0 Å². The van der Waals surface area contributed by atoms with Crippen LogP contribution in [0.4, 0.5) is 0 Å². The number of aromatic amines is 1. The Hall–Kier alpha value is -1.44. The fraction of sp³-hybridized carbons (Fsp3) is 0. The van der Waals surface area contributed by atoms with Crippen LogP contribution < -0.4 is 5.43 Å². The molecule has 0 aliphatic heterocycles. The Morgan fingerprint density at radius 2 is 2.28 bits per heavy atom. The first kappa shape index (κ1) is 11.6. The molecular formula is C11H6N2O2S3. The summed E-state index contributed by atoms with van der Waals surface area (Å²) in [5, 5.41) is 7.35. The molecule has 0 aliphatic rings. The molecule has 90 valence electrons. The SMILES string of the molecule is O=c1ccoc2ccc(Sc3n[nH]c(=S)s3)cc12. The molecular weight excluding hydrogens is 288 g/mol. The molecule has 0 radical (unpaired) electrons. The van der Waals surface area contributed by atoms with E-state index in [2.05, 4.69) is 10.2 Å². The van der Waals surface area contributed by atoms with E-state index in [4.69, 9.17) is 16.6 Å². The number of nitrogens with zero attached hydrogens (tertiary/aromatic N) is 1. The van der Waals surface area contributed by atoms with Crippen molar-refractivity contribution in [1.29, 1.82) is 0 Å². The number of nitrogens with one attached hydrogen (secondary N) is 1. The van der Waals surface area contributed by atoms with Crippen LogP contribution in [0, 0.1) is 3.95 Å². The zero-order valence-electron chi connectivity index (χ0n) is 8.88. The van der Waals surface area contributed by atoms with Crippen LogP contribution in [0.3, 0.4) is 0 Å². The van der Waals surface area contributed by atoms with Gasteiger partial charge >= 0.3 is 0 Å². The summed E-state index contributed by atoms with van der Waals surface area (Å²) in [6.45, 7) is 0. The van der Waals surface area contributed by atoms with Gasteiger partial charge in [0.05, 0.1) is 11.6 Å². The van der Waals surface area contributed by atoms with Gasteiger partial charge < -0.3 is 4.42 Å². The summed E-state index contributed by atoms with van der Waals surface area (Å²) >= 11 is 7.83. The van der Waals surface area contributed by atoms with Gasteiger partial charge in [0, 0.05) is 11.0 Å². The second kappa shape index (κ2) is 4.68. The van der Waals surface area contributed by atoms with Gasteiger partial charge in [-0.05, 0) is 30.4 Å². The number of hydrogen-bond acceptors (Lipinski definition) is 6. The van der Waals surface area contributed by atoms with Crippen molar-refractivity contribution >= 4 is 46.3 Å². The third-order valence-electron chi connectivity index (χ3n) is 2.25. The number of aromatic nitrogens is 2. The van der Waals surface area contributed by atoms with Crippen LogP contribution >= 0.6 is 35.3 Å². The van der Waals surface area contributed by atoms with E-state index in [0.717, 1.165) is 9.24 Å². The predicted octanol–water partition coefficient (Wildman–Crippen LogP) is 3.46. The number of benzene rings is 1. The minimum absolute atomic E-state index is 0.0478. The van der Waals surface area contributed by atoms with Gasteiger partial charge in [-0.1, -0.05) is 23.1 Å². The predicted molar refractivity (Wildman–Crippen MR) is 73.9 cm³/mol. The van der Waals surface area contributed by atoms with E-state index in [9.17, 15) is 4.79 Å². The summed E-state index contributed by atoms with van der Waals surface area (Å²) in [6, 6.07) is 6.89. The molecule has 0 saturated heterocycles. The fourth-order valence-electron chi connectivity index (χ4n) is 1.49. The Balaban J connectivity index is 2.05. The summed E-state index contributed by atoms with van der Waals surface area (Å²) in [4.78, 5) is 12.6. The molecule has 0 bridgehead atoms. The van der Waals surface area contributed by atoms with Gasteiger partial charge in [-0.3, -0.25) is 9.89 Å². The molecule has 2 aromatic heterocycles. The quantitative estimate of drug-likeness (QED) is 0.733. The van der Waals surface area contributed by atoms with Crippen LogP contribution in [0.5, 0.6) is 0 Å². The van der Waals surface area contributed by atoms with E-state index in [1.807, 2.05) is 6.07 Å². The van der Waals surface area contributed by atoms with E-state index in [1.165, 1.54) is 35.4 Å². The van der Waals surface area contributed by atoms with Gasteiger partial charge in [-0.15, -0.1) is 0 Å². The number of hydrogen-bond donors (Lipinski definition) is 1. The Bertz CT molecular complexity index is 819. The lowest BCUT2D eigenvalue weighted by Crippen LogP contribution is -1.97. The number of H-pyrrole nitrogens is 1. The summed E-state index contributed by atoms with van der Waals surface area (Å²) in [6.07, 6.45) is 1.40. The molecule has 4 nitrogen and oxygen atoms in total. The Morgan fingerprint density at radius 3 is 3.06 bits per heavy atom. The average molecular weight is 294 g/mol. The topological polar surface area (TPSA) is 58.9 Å². The average Bonchev–Trinajstić information content (AvgIpc) is 2.76. The van der Waals surface area contributed by atoms with Gasteiger partial charge in [0.15, 0.2) is 13.7 Å². The zero-order chi connectivity index (χ0) is 12.5. The highest BCUT2D eigenvalue weighted by Crippen LogP contribution is 2.30. The van der Waals surface area contributed by atoms with E-state index in [1.54, 1.807) is 12.1 Å². The molecule has 0 aliphatic carbocycles. The van der Waals surface area contributed by atoms with Crippen molar-refractivity contribution in [3.05, 3.63) is 44.7 Å². The molecule has 0 amide bonds. The maximum Gasteiger partial charge on any atom is 0.192 e. The van der Waals surface area contributed by atoms with Crippen molar-refractivity contribution in [3.63, 3.8) is 0 Å². The van der Waals surface area contributed by atoms with Gasteiger partial charge in [-0.2, -0.15) is 5.10 Å². The standard InChI is InChI=1S/C11H6N2O2S3/c14-8-3-4-15-9-2-1-6(5-7(8)9)17-11-13-12-10(16)18-11/h1-5H,(H,12,16). The van der Waals surface area contributed by atoms with Crippen LogP contribution in [-0.2, 0) is 0 Å². The van der Waals surface area contributed by atoms with Crippen molar-refractivity contribution in [2.75, 3.05) is 0 Å². The summed E-state index contributed by atoms with van der Waals surface area (Å²) in [7, 11) is 0. The molecule has 7 heteroatoms. The Labute approximate surface area is 115 Å². The van der Waals surface area contributed by atoms with E-state index < -0.39 is 0 Å². The van der Waals surface area contributed by atoms with Crippen LogP contribution in [-0.4, -0.2) is 10.2 Å². The molecule has 0 saturated carbocycles. The van der Waals surface area contributed by atoms with E-state index in [-0.39, 0.29) is 5.43 Å². The lowest BCUT2D eigenvalue weighted by Gasteiger charge is -1.99. The molecule has 0 unspecified atom stereocenters. The summed E-state index contributed by atoms with van der Waals surface area (Å²) in [5.41, 5.74) is 0.537.